The molecule has 0 saturated heterocycles. The quantitative estimate of drug-likeness (QED) is 0.441. The summed E-state index contributed by atoms with van der Waals surface area (Å²) in [5.41, 5.74) is 2.64. The minimum atomic E-state index is -4.19. The SMILES string of the molecule is CC1=CCC(C(C)=Cc2csc(C)n2)OC(=O)CS(=O)(=O)C(C)(C)C(=O)[C@H](C)[C@H](O)[C@@H](C)CCC1. The Morgan fingerprint density at radius 2 is 1.91 bits per heavy atom. The maximum atomic E-state index is 13.2. The van der Waals surface area contributed by atoms with Crippen LogP contribution >= 0.6 is 11.3 Å². The topological polar surface area (TPSA) is 111 Å². The summed E-state index contributed by atoms with van der Waals surface area (Å²) in [6, 6.07) is 0. The lowest BCUT2D eigenvalue weighted by Crippen LogP contribution is -2.49. The van der Waals surface area contributed by atoms with E-state index in [0.717, 1.165) is 34.7 Å². The van der Waals surface area contributed by atoms with Gasteiger partial charge in [0.15, 0.2) is 15.6 Å². The molecule has 2 heterocycles. The Bertz CT molecular complexity index is 1080. The van der Waals surface area contributed by atoms with Crippen molar-refractivity contribution in [2.45, 2.75) is 91.1 Å². The number of ether oxygens (including phenoxy) is 1. The second-order valence-corrected chi connectivity index (χ2v) is 13.8. The van der Waals surface area contributed by atoms with Gasteiger partial charge in [-0.05, 0) is 71.4 Å². The number of esters is 1. The molecule has 0 aliphatic carbocycles. The number of sulfone groups is 1. The van der Waals surface area contributed by atoms with Gasteiger partial charge in [0, 0.05) is 17.7 Å². The second kappa shape index (κ2) is 11.9. The second-order valence-electron chi connectivity index (χ2n) is 10.2. The largest absolute Gasteiger partial charge is 0.457 e. The Kier molecular flexibility index (Phi) is 10.0. The zero-order valence-electron chi connectivity index (χ0n) is 21.8. The highest BCUT2D eigenvalue weighted by molar-refractivity contribution is 7.94. The molecule has 0 fully saturated rings. The number of aliphatic hydroxyl groups excluding tert-OH is 1. The summed E-state index contributed by atoms with van der Waals surface area (Å²) in [6.45, 7) is 11.8. The van der Waals surface area contributed by atoms with E-state index in [1.165, 1.54) is 25.2 Å². The molecule has 0 radical (unpaired) electrons. The highest BCUT2D eigenvalue weighted by Crippen LogP contribution is 2.29. The number of nitrogens with zero attached hydrogens (tertiary/aromatic N) is 1. The van der Waals surface area contributed by atoms with Crippen LogP contribution in [-0.4, -0.2) is 53.0 Å². The number of aliphatic hydroxyl groups is 1. The molecule has 4 atom stereocenters. The van der Waals surface area contributed by atoms with Gasteiger partial charge in [-0.3, -0.25) is 9.59 Å². The predicted molar refractivity (Wildman–Crippen MR) is 140 cm³/mol. The number of thiazole rings is 1. The maximum absolute atomic E-state index is 13.2. The van der Waals surface area contributed by atoms with E-state index in [2.05, 4.69) is 4.98 Å². The molecule has 1 aromatic rings. The van der Waals surface area contributed by atoms with Crippen LogP contribution in [0.5, 0.6) is 0 Å². The van der Waals surface area contributed by atoms with Gasteiger partial charge in [0.1, 0.15) is 16.6 Å². The van der Waals surface area contributed by atoms with Gasteiger partial charge in [-0.1, -0.05) is 25.5 Å². The molecule has 0 saturated carbocycles. The van der Waals surface area contributed by atoms with Crippen molar-refractivity contribution in [3.8, 4) is 0 Å². The highest BCUT2D eigenvalue weighted by Gasteiger charge is 2.46. The number of carbonyl (C=O) groups excluding carboxylic acids is 2. The van der Waals surface area contributed by atoms with Crippen molar-refractivity contribution in [1.82, 2.24) is 4.98 Å². The molecule has 0 aromatic carbocycles. The predicted octanol–water partition coefficient (Wildman–Crippen LogP) is 4.68. The van der Waals surface area contributed by atoms with Crippen molar-refractivity contribution in [2.75, 3.05) is 5.75 Å². The van der Waals surface area contributed by atoms with Crippen molar-refractivity contribution in [3.05, 3.63) is 33.3 Å². The van der Waals surface area contributed by atoms with Crippen molar-refractivity contribution >= 4 is 39.0 Å². The van der Waals surface area contributed by atoms with Crippen LogP contribution in [0.4, 0.5) is 0 Å². The number of rotatable bonds is 2. The van der Waals surface area contributed by atoms with Crippen LogP contribution in [0.1, 0.15) is 77.9 Å². The molecule has 0 amide bonds. The molecule has 1 aliphatic heterocycles. The molecule has 9 heteroatoms. The van der Waals surface area contributed by atoms with Crippen molar-refractivity contribution in [3.63, 3.8) is 0 Å². The molecule has 0 spiro atoms. The first-order chi connectivity index (χ1) is 16.2. The zero-order valence-corrected chi connectivity index (χ0v) is 23.5. The average Bonchev–Trinajstić information content (AvgIpc) is 3.17. The summed E-state index contributed by atoms with van der Waals surface area (Å²) in [5, 5.41) is 13.6. The fourth-order valence-corrected chi connectivity index (χ4v) is 6.06. The number of ketones is 1. The molecule has 1 N–H and O–H groups in total. The number of hydrogen-bond donors (Lipinski definition) is 1. The Balaban J connectivity index is 2.41. The normalized spacial score (nSPS) is 29.4. The van der Waals surface area contributed by atoms with Crippen LogP contribution in [0.25, 0.3) is 6.08 Å². The summed E-state index contributed by atoms with van der Waals surface area (Å²) in [5.74, 6) is -3.46. The summed E-state index contributed by atoms with van der Waals surface area (Å²) < 4.78 is 30.1. The van der Waals surface area contributed by atoms with Crippen molar-refractivity contribution in [1.29, 1.82) is 0 Å². The van der Waals surface area contributed by atoms with Gasteiger partial charge in [-0.25, -0.2) is 13.4 Å². The third kappa shape index (κ3) is 7.57. The van der Waals surface area contributed by atoms with Gasteiger partial charge in [0.25, 0.3) is 0 Å². The van der Waals surface area contributed by atoms with Crippen LogP contribution in [0, 0.1) is 18.8 Å². The standard InChI is InChI=1S/C26H39NO6S2/c1-16-9-8-10-17(2)24(29)19(4)25(30)26(6,7)35(31,32)15-23(28)33-22(12-11-16)18(3)13-21-14-34-20(5)27-21/h11,13-14,17,19,22,24,29H,8-10,12,15H2,1-7H3/t17-,19+,22?,24+/m0/s1. The van der Waals surface area contributed by atoms with E-state index < -0.39 is 50.2 Å². The first-order valence-electron chi connectivity index (χ1n) is 12.1. The minimum Gasteiger partial charge on any atom is -0.457 e. The van der Waals surface area contributed by atoms with E-state index >= 15 is 0 Å². The van der Waals surface area contributed by atoms with Crippen molar-refractivity contribution < 1.29 is 27.9 Å². The summed E-state index contributed by atoms with van der Waals surface area (Å²) in [6.07, 6.45) is 4.98. The van der Waals surface area contributed by atoms with E-state index in [4.69, 9.17) is 4.74 Å². The fraction of sp³-hybridized carbons (Fsp3) is 0.654. The Morgan fingerprint density at radius 1 is 1.26 bits per heavy atom. The number of Topliss-reactive ketones (excluding diaryl/α,β-unsaturated/α-hetero) is 1. The zero-order chi connectivity index (χ0) is 26.6. The Labute approximate surface area is 213 Å². The summed E-state index contributed by atoms with van der Waals surface area (Å²) in [4.78, 5) is 30.4. The molecule has 1 aromatic heterocycles. The highest BCUT2D eigenvalue weighted by atomic mass is 32.2. The number of aromatic nitrogens is 1. The van der Waals surface area contributed by atoms with Gasteiger partial charge in [0.05, 0.1) is 16.8 Å². The van der Waals surface area contributed by atoms with E-state index in [-0.39, 0.29) is 5.92 Å². The first-order valence-corrected chi connectivity index (χ1v) is 14.6. The maximum Gasteiger partial charge on any atom is 0.321 e. The van der Waals surface area contributed by atoms with Crippen molar-refractivity contribution in [2.24, 2.45) is 11.8 Å². The fourth-order valence-electron chi connectivity index (χ4n) is 4.26. The molecule has 0 bridgehead atoms. The molecular formula is C26H39NO6S2. The van der Waals surface area contributed by atoms with Gasteiger partial charge >= 0.3 is 5.97 Å². The molecule has 7 nitrogen and oxygen atoms in total. The lowest BCUT2D eigenvalue weighted by atomic mass is 9.83. The Hall–Kier alpha value is -1.84. The molecule has 1 unspecified atom stereocenters. The van der Waals surface area contributed by atoms with Crippen LogP contribution in [-0.2, 0) is 24.2 Å². The van der Waals surface area contributed by atoms with Gasteiger partial charge in [-0.2, -0.15) is 0 Å². The number of aryl methyl sites for hydroxylation is 1. The summed E-state index contributed by atoms with van der Waals surface area (Å²) in [7, 11) is -4.19. The van der Waals surface area contributed by atoms with Gasteiger partial charge in [-0.15, -0.1) is 11.3 Å². The van der Waals surface area contributed by atoms with E-state index in [1.807, 2.05) is 45.2 Å². The number of allylic oxidation sites excluding steroid dienone is 1. The number of carbonyl (C=O) groups is 2. The number of hydrogen-bond acceptors (Lipinski definition) is 8. The Morgan fingerprint density at radius 3 is 2.51 bits per heavy atom. The monoisotopic (exact) mass is 525 g/mol. The molecule has 2 rings (SSSR count). The third-order valence-electron chi connectivity index (χ3n) is 6.89. The summed E-state index contributed by atoms with van der Waals surface area (Å²) >= 11 is 1.52. The van der Waals surface area contributed by atoms with E-state index in [1.54, 1.807) is 6.92 Å². The van der Waals surface area contributed by atoms with Gasteiger partial charge in [0.2, 0.25) is 0 Å². The van der Waals surface area contributed by atoms with Crippen LogP contribution in [0.3, 0.4) is 0 Å². The lowest BCUT2D eigenvalue weighted by Gasteiger charge is -2.31. The lowest BCUT2D eigenvalue weighted by molar-refractivity contribution is -0.144. The minimum absolute atomic E-state index is 0.169. The smallest absolute Gasteiger partial charge is 0.321 e. The molecular weight excluding hydrogens is 486 g/mol. The molecule has 35 heavy (non-hydrogen) atoms. The van der Waals surface area contributed by atoms with Gasteiger partial charge < -0.3 is 9.84 Å². The average molecular weight is 526 g/mol. The first kappa shape index (κ1) is 29.4. The van der Waals surface area contributed by atoms with E-state index in [0.29, 0.717) is 12.8 Å². The van der Waals surface area contributed by atoms with Crippen LogP contribution < -0.4 is 0 Å². The molecule has 196 valence electrons. The van der Waals surface area contributed by atoms with Crippen LogP contribution in [0.2, 0.25) is 0 Å². The number of cyclic esters (lactones) is 1. The van der Waals surface area contributed by atoms with E-state index in [9.17, 15) is 23.1 Å². The third-order valence-corrected chi connectivity index (χ3v) is 10.1. The van der Waals surface area contributed by atoms with Crippen LogP contribution in [0.15, 0.2) is 22.6 Å². The molecule has 1 aliphatic rings.